The van der Waals surface area contributed by atoms with Gasteiger partial charge in [0.2, 0.25) is 11.8 Å². The molecule has 0 unspecified atom stereocenters. The number of amides is 2. The highest BCUT2D eigenvalue weighted by molar-refractivity contribution is 5.96. The van der Waals surface area contributed by atoms with Crippen molar-refractivity contribution in [1.82, 2.24) is 10.6 Å². The first-order chi connectivity index (χ1) is 15.4. The topological polar surface area (TPSA) is 154 Å². The number of nitrogens with two attached hydrogens (primary N) is 2. The molecule has 6 N–H and O–H groups in total. The zero-order valence-electron chi connectivity index (χ0n) is 21.6. The molecular formula is C24H46N4O5. The fourth-order valence-electron chi connectivity index (χ4n) is 3.09. The largest absolute Gasteiger partial charge is 0.390 e. The summed E-state index contributed by atoms with van der Waals surface area (Å²) in [5.74, 6) is -3.38. The Morgan fingerprint density at radius 3 is 1.12 bits per heavy atom. The van der Waals surface area contributed by atoms with Gasteiger partial charge in [-0.2, -0.15) is 0 Å². The SMILES string of the molecule is CC[C@H](C)[C@H](N)C(=O)N[C@H](C(=O)OC(=O)[C@@H](NC(=O)[C@@H](N)[C@@H](C)CC)[C@@H](C)CC)[C@@H](C)CC. The molecular weight excluding hydrogens is 424 g/mol. The number of nitrogens with one attached hydrogen (secondary N) is 2. The first-order valence-electron chi connectivity index (χ1n) is 12.2. The molecule has 33 heavy (non-hydrogen) atoms. The number of carbonyl (C=O) groups excluding carboxylic acids is 4. The molecule has 0 saturated carbocycles. The molecule has 0 aliphatic rings. The summed E-state index contributed by atoms with van der Waals surface area (Å²) in [5.41, 5.74) is 12.0. The maximum absolute atomic E-state index is 12.9. The molecule has 0 aromatic heterocycles. The van der Waals surface area contributed by atoms with Crippen molar-refractivity contribution in [2.75, 3.05) is 0 Å². The van der Waals surface area contributed by atoms with Gasteiger partial charge in [-0.1, -0.05) is 81.1 Å². The van der Waals surface area contributed by atoms with E-state index in [4.69, 9.17) is 16.2 Å². The normalized spacial score (nSPS) is 18.6. The number of hydrogen-bond donors (Lipinski definition) is 4. The van der Waals surface area contributed by atoms with Gasteiger partial charge in [0.1, 0.15) is 12.1 Å². The molecule has 2 amide bonds. The quantitative estimate of drug-likeness (QED) is 0.223. The van der Waals surface area contributed by atoms with E-state index in [2.05, 4.69) is 10.6 Å². The van der Waals surface area contributed by atoms with Gasteiger partial charge in [0.15, 0.2) is 0 Å². The minimum Gasteiger partial charge on any atom is -0.390 e. The van der Waals surface area contributed by atoms with E-state index in [0.29, 0.717) is 25.7 Å². The third-order valence-electron chi connectivity index (χ3n) is 6.85. The highest BCUT2D eigenvalue weighted by Gasteiger charge is 2.36. The van der Waals surface area contributed by atoms with Gasteiger partial charge in [-0.05, 0) is 23.7 Å². The molecule has 0 fully saturated rings. The van der Waals surface area contributed by atoms with Crippen LogP contribution >= 0.6 is 0 Å². The van der Waals surface area contributed by atoms with Crippen molar-refractivity contribution in [2.24, 2.45) is 35.1 Å². The minimum atomic E-state index is -1.03. The second-order valence-electron chi connectivity index (χ2n) is 9.31. The Balaban J connectivity index is 5.52. The molecule has 9 heteroatoms. The molecule has 0 heterocycles. The van der Waals surface area contributed by atoms with Gasteiger partial charge in [-0.25, -0.2) is 9.59 Å². The van der Waals surface area contributed by atoms with Crippen LogP contribution in [0.15, 0.2) is 0 Å². The molecule has 8 atom stereocenters. The van der Waals surface area contributed by atoms with Gasteiger partial charge in [0.25, 0.3) is 0 Å². The summed E-state index contributed by atoms with van der Waals surface area (Å²) in [6, 6.07) is -3.62. The van der Waals surface area contributed by atoms with E-state index in [9.17, 15) is 19.2 Å². The maximum Gasteiger partial charge on any atom is 0.336 e. The second-order valence-corrected chi connectivity index (χ2v) is 9.31. The Kier molecular flexibility index (Phi) is 14.1. The van der Waals surface area contributed by atoms with Gasteiger partial charge >= 0.3 is 11.9 Å². The molecule has 0 spiro atoms. The van der Waals surface area contributed by atoms with Crippen LogP contribution in [0.25, 0.3) is 0 Å². The van der Waals surface area contributed by atoms with Gasteiger partial charge in [0, 0.05) is 0 Å². The molecule has 0 rings (SSSR count). The van der Waals surface area contributed by atoms with Crippen LogP contribution < -0.4 is 22.1 Å². The molecule has 0 radical (unpaired) electrons. The van der Waals surface area contributed by atoms with E-state index in [1.807, 2.05) is 41.5 Å². The fourth-order valence-corrected chi connectivity index (χ4v) is 3.09. The Morgan fingerprint density at radius 1 is 0.606 bits per heavy atom. The van der Waals surface area contributed by atoms with Gasteiger partial charge in [-0.15, -0.1) is 0 Å². The Bertz CT molecular complexity index is 603. The van der Waals surface area contributed by atoms with Crippen molar-refractivity contribution in [3.05, 3.63) is 0 Å². The van der Waals surface area contributed by atoms with Crippen molar-refractivity contribution in [1.29, 1.82) is 0 Å². The van der Waals surface area contributed by atoms with E-state index >= 15 is 0 Å². The third-order valence-corrected chi connectivity index (χ3v) is 6.85. The number of ether oxygens (including phenoxy) is 1. The Morgan fingerprint density at radius 2 is 0.879 bits per heavy atom. The van der Waals surface area contributed by atoms with Crippen LogP contribution in [0.3, 0.4) is 0 Å². The Labute approximate surface area is 199 Å². The number of rotatable bonds is 14. The van der Waals surface area contributed by atoms with Crippen molar-refractivity contribution in [3.63, 3.8) is 0 Å². The first kappa shape index (κ1) is 31.0. The summed E-state index contributed by atoms with van der Waals surface area (Å²) < 4.78 is 5.17. The lowest BCUT2D eigenvalue weighted by molar-refractivity contribution is -0.166. The maximum atomic E-state index is 12.9. The van der Waals surface area contributed by atoms with Gasteiger partial charge in [-0.3, -0.25) is 9.59 Å². The average molecular weight is 471 g/mol. The Hall–Kier alpha value is -2.00. The summed E-state index contributed by atoms with van der Waals surface area (Å²) in [5, 5.41) is 5.31. The highest BCUT2D eigenvalue weighted by atomic mass is 16.6. The third kappa shape index (κ3) is 9.41. The summed E-state index contributed by atoms with van der Waals surface area (Å²) in [6.07, 6.45) is 2.56. The lowest BCUT2D eigenvalue weighted by atomic mass is 9.95. The van der Waals surface area contributed by atoms with Crippen LogP contribution in [-0.2, 0) is 23.9 Å². The van der Waals surface area contributed by atoms with Crippen molar-refractivity contribution >= 4 is 23.8 Å². The second kappa shape index (κ2) is 15.0. The van der Waals surface area contributed by atoms with Crippen molar-refractivity contribution < 1.29 is 23.9 Å². The van der Waals surface area contributed by atoms with E-state index in [1.54, 1.807) is 13.8 Å². The summed E-state index contributed by atoms with van der Waals surface area (Å²) >= 11 is 0. The standard InChI is InChI=1S/C24H46N4O5/c1-9-13(5)17(25)21(29)27-19(15(7)11-3)23(31)33-24(32)20(16(8)12-4)28-22(30)18(26)14(6)10-2/h13-20H,9-12,25-26H2,1-8H3,(H,27,29)(H,28,30)/t13-,14-,15-,16-,17-,18-,19-,20-/m0/s1. The minimum absolute atomic E-state index is 0.0695. The molecule has 0 aliphatic heterocycles. The molecule has 192 valence electrons. The lowest BCUT2D eigenvalue weighted by Gasteiger charge is -2.28. The lowest BCUT2D eigenvalue weighted by Crippen LogP contribution is -2.56. The van der Waals surface area contributed by atoms with E-state index in [-0.39, 0.29) is 23.7 Å². The summed E-state index contributed by atoms with van der Waals surface area (Å²) in [4.78, 5) is 50.9. The van der Waals surface area contributed by atoms with Crippen LogP contribution in [0.4, 0.5) is 0 Å². The van der Waals surface area contributed by atoms with E-state index in [0.717, 1.165) is 0 Å². The zero-order valence-corrected chi connectivity index (χ0v) is 21.6. The highest BCUT2D eigenvalue weighted by Crippen LogP contribution is 2.15. The monoisotopic (exact) mass is 470 g/mol. The first-order valence-corrected chi connectivity index (χ1v) is 12.2. The predicted molar refractivity (Wildman–Crippen MR) is 129 cm³/mol. The smallest absolute Gasteiger partial charge is 0.336 e. The van der Waals surface area contributed by atoms with Crippen LogP contribution in [0.1, 0.15) is 81.1 Å². The zero-order chi connectivity index (χ0) is 25.9. The van der Waals surface area contributed by atoms with E-state index < -0.39 is 47.9 Å². The number of esters is 2. The molecule has 0 saturated heterocycles. The molecule has 0 aliphatic carbocycles. The molecule has 0 bridgehead atoms. The summed E-state index contributed by atoms with van der Waals surface area (Å²) in [6.45, 7) is 14.9. The van der Waals surface area contributed by atoms with Crippen molar-refractivity contribution in [3.8, 4) is 0 Å². The predicted octanol–water partition coefficient (Wildman–Crippen LogP) is 1.86. The van der Waals surface area contributed by atoms with Crippen molar-refractivity contribution in [2.45, 2.75) is 105 Å². The van der Waals surface area contributed by atoms with Crippen LogP contribution in [0.2, 0.25) is 0 Å². The summed E-state index contributed by atoms with van der Waals surface area (Å²) in [7, 11) is 0. The van der Waals surface area contributed by atoms with Crippen LogP contribution in [0.5, 0.6) is 0 Å². The molecule has 0 aromatic rings. The van der Waals surface area contributed by atoms with Crippen LogP contribution in [0, 0.1) is 23.7 Å². The van der Waals surface area contributed by atoms with E-state index in [1.165, 1.54) is 0 Å². The molecule has 0 aromatic carbocycles. The van der Waals surface area contributed by atoms with Gasteiger partial charge in [0.05, 0.1) is 12.1 Å². The van der Waals surface area contributed by atoms with Crippen LogP contribution in [-0.4, -0.2) is 47.9 Å². The number of carbonyl (C=O) groups is 4. The fraction of sp³-hybridized carbons (Fsp3) is 0.833. The average Bonchev–Trinajstić information content (AvgIpc) is 2.81. The molecule has 9 nitrogen and oxygen atoms in total. The number of hydrogen-bond acceptors (Lipinski definition) is 7. The van der Waals surface area contributed by atoms with Gasteiger partial charge < -0.3 is 26.8 Å².